The van der Waals surface area contributed by atoms with Crippen molar-refractivity contribution in [1.29, 1.82) is 5.26 Å². The van der Waals surface area contributed by atoms with Crippen LogP contribution in [-0.4, -0.2) is 34.0 Å². The van der Waals surface area contributed by atoms with Gasteiger partial charge in [-0.1, -0.05) is 85.1 Å². The highest BCUT2D eigenvalue weighted by Gasteiger charge is 2.54. The first-order valence-corrected chi connectivity index (χ1v) is 15.3. The van der Waals surface area contributed by atoms with E-state index in [0.29, 0.717) is 47.8 Å². The first-order valence-electron chi connectivity index (χ1n) is 15.3. The molecule has 3 heteroatoms. The van der Waals surface area contributed by atoms with Crippen LogP contribution >= 0.6 is 0 Å². The van der Waals surface area contributed by atoms with Crippen molar-refractivity contribution in [3.63, 3.8) is 0 Å². The van der Waals surface area contributed by atoms with Gasteiger partial charge in [0.1, 0.15) is 0 Å². The molecule has 2 heterocycles. The smallest absolute Gasteiger partial charge is 0.0947 e. The molecule has 8 unspecified atom stereocenters. The van der Waals surface area contributed by atoms with Crippen LogP contribution in [0.2, 0.25) is 0 Å². The average Bonchev–Trinajstić information content (AvgIpc) is 3.54. The lowest BCUT2D eigenvalue weighted by Crippen LogP contribution is -2.49. The quantitative estimate of drug-likeness (QED) is 0.362. The summed E-state index contributed by atoms with van der Waals surface area (Å²) in [6.07, 6.45) is 46.7. The van der Waals surface area contributed by atoms with E-state index >= 15 is 0 Å². The number of allylic oxidation sites excluding steroid dienone is 15. The molecule has 8 atom stereocenters. The Balaban J connectivity index is 1.20. The molecule has 40 heavy (non-hydrogen) atoms. The number of nitrogens with zero attached hydrogens (tertiary/aromatic N) is 3. The van der Waals surface area contributed by atoms with Crippen LogP contribution in [0.25, 0.3) is 0 Å². The fraction of sp³-hybridized carbons (Fsp3) is 0.378. The van der Waals surface area contributed by atoms with Gasteiger partial charge < -0.3 is 4.90 Å². The van der Waals surface area contributed by atoms with Gasteiger partial charge in [0.2, 0.25) is 0 Å². The largest absolute Gasteiger partial charge is 0.340 e. The zero-order chi connectivity index (χ0) is 26.6. The minimum absolute atomic E-state index is 0.340. The van der Waals surface area contributed by atoms with Crippen molar-refractivity contribution < 1.29 is 0 Å². The molecule has 200 valence electrons. The minimum Gasteiger partial charge on any atom is -0.340 e. The Morgan fingerprint density at radius 3 is 2.58 bits per heavy atom. The van der Waals surface area contributed by atoms with Gasteiger partial charge in [0, 0.05) is 46.8 Å². The number of nitriles is 1. The SMILES string of the molecule is N#CC1=CC=C(C2=CC(N3C4C=CC=CC4C4C=CC=C(N5C6=CC=CCC6C6CCC=CC65)C43)CC=C2)CC1. The molecule has 0 N–H and O–H groups in total. The molecule has 0 radical (unpaired) electrons. The first kappa shape index (κ1) is 24.2. The number of fused-ring (bicyclic) bond motifs is 6. The molecule has 2 saturated heterocycles. The molecular weight excluding hydrogens is 486 g/mol. The Labute approximate surface area is 238 Å². The number of hydrogen-bond acceptors (Lipinski definition) is 3. The van der Waals surface area contributed by atoms with Crippen molar-refractivity contribution in [3.8, 4) is 6.07 Å². The summed E-state index contributed by atoms with van der Waals surface area (Å²) in [4.78, 5) is 5.64. The average molecular weight is 524 g/mol. The third-order valence-corrected chi connectivity index (χ3v) is 10.6. The molecule has 6 aliphatic carbocycles. The molecule has 0 bridgehead atoms. The molecule has 0 aromatic heterocycles. The monoisotopic (exact) mass is 523 g/mol. The van der Waals surface area contributed by atoms with Crippen LogP contribution in [0.1, 0.15) is 38.5 Å². The molecule has 0 saturated carbocycles. The van der Waals surface area contributed by atoms with E-state index in [-0.39, 0.29) is 0 Å². The summed E-state index contributed by atoms with van der Waals surface area (Å²) in [6, 6.07) is 3.87. The molecule has 0 spiro atoms. The number of likely N-dealkylation sites (tertiary alicyclic amines) is 2. The van der Waals surface area contributed by atoms with Crippen LogP contribution in [0.15, 0.2) is 131 Å². The van der Waals surface area contributed by atoms with E-state index in [2.05, 4.69) is 113 Å². The zero-order valence-electron chi connectivity index (χ0n) is 23.0. The molecule has 2 fully saturated rings. The van der Waals surface area contributed by atoms with Crippen LogP contribution in [0.3, 0.4) is 0 Å². The predicted molar refractivity (Wildman–Crippen MR) is 161 cm³/mol. The van der Waals surface area contributed by atoms with Crippen molar-refractivity contribution in [1.82, 2.24) is 9.80 Å². The molecule has 8 rings (SSSR count). The number of hydrogen-bond donors (Lipinski definition) is 0. The Morgan fingerprint density at radius 2 is 1.68 bits per heavy atom. The fourth-order valence-electron chi connectivity index (χ4n) is 8.87. The van der Waals surface area contributed by atoms with Crippen LogP contribution in [0, 0.1) is 35.0 Å². The Morgan fingerprint density at radius 1 is 0.775 bits per heavy atom. The lowest BCUT2D eigenvalue weighted by Gasteiger charge is -2.43. The molecule has 3 nitrogen and oxygen atoms in total. The fourth-order valence-corrected chi connectivity index (χ4v) is 8.87. The summed E-state index contributed by atoms with van der Waals surface area (Å²) in [5.74, 6) is 2.30. The summed E-state index contributed by atoms with van der Waals surface area (Å²) >= 11 is 0. The molecule has 0 aromatic rings. The maximum Gasteiger partial charge on any atom is 0.0947 e. The van der Waals surface area contributed by atoms with Gasteiger partial charge >= 0.3 is 0 Å². The van der Waals surface area contributed by atoms with Crippen molar-refractivity contribution in [2.75, 3.05) is 0 Å². The maximum absolute atomic E-state index is 9.33. The lowest BCUT2D eigenvalue weighted by molar-refractivity contribution is 0.159. The van der Waals surface area contributed by atoms with Crippen molar-refractivity contribution >= 4 is 0 Å². The van der Waals surface area contributed by atoms with Crippen molar-refractivity contribution in [2.24, 2.45) is 23.7 Å². The van der Waals surface area contributed by atoms with Crippen LogP contribution in [0.5, 0.6) is 0 Å². The van der Waals surface area contributed by atoms with E-state index in [1.54, 1.807) is 0 Å². The second kappa shape index (κ2) is 9.79. The van der Waals surface area contributed by atoms with Crippen molar-refractivity contribution in [2.45, 2.75) is 62.7 Å². The molecule has 0 amide bonds. The summed E-state index contributed by atoms with van der Waals surface area (Å²) in [5.41, 5.74) is 6.63. The zero-order valence-corrected chi connectivity index (χ0v) is 23.0. The Hall–Kier alpha value is -3.61. The summed E-state index contributed by atoms with van der Waals surface area (Å²) < 4.78 is 0. The van der Waals surface area contributed by atoms with Crippen LogP contribution in [0.4, 0.5) is 0 Å². The van der Waals surface area contributed by atoms with E-state index in [4.69, 9.17) is 0 Å². The maximum atomic E-state index is 9.33. The minimum atomic E-state index is 0.340. The van der Waals surface area contributed by atoms with E-state index in [0.717, 1.165) is 24.8 Å². The van der Waals surface area contributed by atoms with Gasteiger partial charge in [-0.2, -0.15) is 5.26 Å². The van der Waals surface area contributed by atoms with Gasteiger partial charge in [0.05, 0.1) is 18.2 Å². The standard InChI is InChI=1S/C37H37N3/c38-24-25-19-21-26(22-20-25)27-9-7-10-28(23-27)39-33-15-4-3-13-31(33)32-14-8-18-36(37(32)39)40-34-16-5-1-11-29(34)30-12-2-6-17-35(30)40/h1,3-9,13-19,21,23,28-33,35,37H,2,10-12,20,22H2. The molecule has 2 aliphatic heterocycles. The van der Waals surface area contributed by atoms with Gasteiger partial charge in [-0.3, -0.25) is 4.90 Å². The van der Waals surface area contributed by atoms with E-state index < -0.39 is 0 Å². The molecular formula is C37H37N3. The van der Waals surface area contributed by atoms with Gasteiger partial charge in [-0.25, -0.2) is 0 Å². The van der Waals surface area contributed by atoms with Crippen LogP contribution < -0.4 is 0 Å². The van der Waals surface area contributed by atoms with E-state index in [9.17, 15) is 5.26 Å². The first-order chi connectivity index (χ1) is 19.8. The second-order valence-electron chi connectivity index (χ2n) is 12.5. The third kappa shape index (κ3) is 3.73. The Kier molecular flexibility index (Phi) is 5.92. The number of rotatable bonds is 3. The topological polar surface area (TPSA) is 30.3 Å². The second-order valence-corrected chi connectivity index (χ2v) is 12.5. The Bertz CT molecular complexity index is 1480. The summed E-state index contributed by atoms with van der Waals surface area (Å²) in [5, 5.41) is 9.33. The van der Waals surface area contributed by atoms with Crippen molar-refractivity contribution in [3.05, 3.63) is 131 Å². The third-order valence-electron chi connectivity index (χ3n) is 10.6. The highest BCUT2D eigenvalue weighted by molar-refractivity contribution is 5.49. The molecule has 0 aromatic carbocycles. The lowest BCUT2D eigenvalue weighted by atomic mass is 9.79. The van der Waals surface area contributed by atoms with E-state index in [1.807, 2.05) is 6.08 Å². The van der Waals surface area contributed by atoms with Crippen LogP contribution in [-0.2, 0) is 0 Å². The van der Waals surface area contributed by atoms with E-state index in [1.165, 1.54) is 41.8 Å². The highest BCUT2D eigenvalue weighted by atomic mass is 15.3. The summed E-state index contributed by atoms with van der Waals surface area (Å²) in [7, 11) is 0. The van der Waals surface area contributed by atoms with Gasteiger partial charge in [0.15, 0.2) is 0 Å². The van der Waals surface area contributed by atoms with Gasteiger partial charge in [-0.05, 0) is 73.8 Å². The predicted octanol–water partition coefficient (Wildman–Crippen LogP) is 7.39. The molecule has 8 aliphatic rings. The summed E-state index contributed by atoms with van der Waals surface area (Å²) in [6.45, 7) is 0. The van der Waals surface area contributed by atoms with Gasteiger partial charge in [0.25, 0.3) is 0 Å². The normalized spacial score (nSPS) is 38.9. The van der Waals surface area contributed by atoms with Gasteiger partial charge in [-0.15, -0.1) is 0 Å². The highest BCUT2D eigenvalue weighted by Crippen LogP contribution is 2.53.